The molecule has 0 radical (unpaired) electrons. The fraction of sp³-hybridized carbons (Fsp3) is 0.562. The van der Waals surface area contributed by atoms with Crippen LogP contribution in [0.2, 0.25) is 0 Å². The third-order valence-electron chi connectivity index (χ3n) is 3.61. The molecule has 1 atom stereocenters. The van der Waals surface area contributed by atoms with E-state index in [0.717, 1.165) is 12.8 Å². The van der Waals surface area contributed by atoms with E-state index in [0.29, 0.717) is 6.42 Å². The minimum absolute atomic E-state index is 0.0402. The molecule has 0 fully saturated rings. The standard InChI is InChI=1S/C16H23NO/c1-15(2,3)11-14(18)17-16(4)10-9-12-7-5-6-8-13(12)16/h5-8H,9-11H2,1-4H3,(H,17,18)/t16-/m0/s1. The lowest BCUT2D eigenvalue weighted by atomic mass is 9.89. The molecule has 1 aromatic carbocycles. The molecular formula is C16H23NO. The fourth-order valence-electron chi connectivity index (χ4n) is 2.76. The van der Waals surface area contributed by atoms with E-state index in [4.69, 9.17) is 0 Å². The van der Waals surface area contributed by atoms with Gasteiger partial charge < -0.3 is 5.32 Å². The molecule has 1 aromatic rings. The Hall–Kier alpha value is -1.31. The largest absolute Gasteiger partial charge is 0.347 e. The summed E-state index contributed by atoms with van der Waals surface area (Å²) in [6.07, 6.45) is 2.63. The van der Waals surface area contributed by atoms with E-state index in [1.807, 2.05) is 0 Å². The molecule has 0 bridgehead atoms. The van der Waals surface area contributed by atoms with Crippen molar-refractivity contribution in [2.24, 2.45) is 5.41 Å². The van der Waals surface area contributed by atoms with E-state index < -0.39 is 0 Å². The third kappa shape index (κ3) is 2.74. The first-order chi connectivity index (χ1) is 8.30. The number of rotatable bonds is 2. The first-order valence-corrected chi connectivity index (χ1v) is 6.70. The van der Waals surface area contributed by atoms with Gasteiger partial charge in [-0.05, 0) is 36.3 Å². The first kappa shape index (κ1) is 13.1. The zero-order chi connectivity index (χ0) is 13.4. The average molecular weight is 245 g/mol. The Morgan fingerprint density at radius 3 is 2.67 bits per heavy atom. The van der Waals surface area contributed by atoms with Crippen molar-refractivity contribution in [3.05, 3.63) is 35.4 Å². The fourth-order valence-corrected chi connectivity index (χ4v) is 2.76. The molecule has 98 valence electrons. The molecule has 0 saturated heterocycles. The van der Waals surface area contributed by atoms with Crippen molar-refractivity contribution in [2.45, 2.75) is 52.5 Å². The molecule has 1 aliphatic rings. The second kappa shape index (κ2) is 4.42. The van der Waals surface area contributed by atoms with Gasteiger partial charge in [0.1, 0.15) is 0 Å². The highest BCUT2D eigenvalue weighted by Crippen LogP contribution is 2.36. The lowest BCUT2D eigenvalue weighted by Gasteiger charge is -2.29. The number of hydrogen-bond donors (Lipinski definition) is 1. The zero-order valence-electron chi connectivity index (χ0n) is 11.8. The molecule has 0 heterocycles. The highest BCUT2D eigenvalue weighted by molar-refractivity contribution is 5.78. The predicted molar refractivity (Wildman–Crippen MR) is 74.3 cm³/mol. The maximum atomic E-state index is 12.1. The second-order valence-corrected chi connectivity index (χ2v) is 6.77. The summed E-state index contributed by atoms with van der Waals surface area (Å²) in [5, 5.41) is 3.23. The topological polar surface area (TPSA) is 29.1 Å². The molecular weight excluding hydrogens is 222 g/mol. The van der Waals surface area contributed by atoms with Crippen LogP contribution in [0.25, 0.3) is 0 Å². The van der Waals surface area contributed by atoms with Crippen molar-refractivity contribution in [3.63, 3.8) is 0 Å². The Balaban J connectivity index is 2.13. The van der Waals surface area contributed by atoms with Crippen LogP contribution in [0.4, 0.5) is 0 Å². The van der Waals surface area contributed by atoms with Gasteiger partial charge >= 0.3 is 0 Å². The number of benzene rings is 1. The van der Waals surface area contributed by atoms with Gasteiger partial charge in [0, 0.05) is 6.42 Å². The summed E-state index contributed by atoms with van der Waals surface area (Å²) >= 11 is 0. The van der Waals surface area contributed by atoms with Crippen molar-refractivity contribution >= 4 is 5.91 Å². The van der Waals surface area contributed by atoms with Crippen LogP contribution >= 0.6 is 0 Å². The molecule has 18 heavy (non-hydrogen) atoms. The van der Waals surface area contributed by atoms with Gasteiger partial charge in [0.25, 0.3) is 0 Å². The van der Waals surface area contributed by atoms with Crippen molar-refractivity contribution in [2.75, 3.05) is 0 Å². The van der Waals surface area contributed by atoms with Crippen LogP contribution < -0.4 is 5.32 Å². The lowest BCUT2D eigenvalue weighted by Crippen LogP contribution is -2.42. The van der Waals surface area contributed by atoms with Gasteiger partial charge in [0.15, 0.2) is 0 Å². The van der Waals surface area contributed by atoms with Crippen LogP contribution in [0.3, 0.4) is 0 Å². The number of nitrogens with one attached hydrogen (secondary N) is 1. The van der Waals surface area contributed by atoms with Gasteiger partial charge in [-0.25, -0.2) is 0 Å². The van der Waals surface area contributed by atoms with E-state index >= 15 is 0 Å². The summed E-state index contributed by atoms with van der Waals surface area (Å²) in [5.41, 5.74) is 2.51. The second-order valence-electron chi connectivity index (χ2n) is 6.77. The van der Waals surface area contributed by atoms with Crippen molar-refractivity contribution in [3.8, 4) is 0 Å². The Kier molecular flexibility index (Phi) is 3.22. The lowest BCUT2D eigenvalue weighted by molar-refractivity contribution is -0.124. The molecule has 2 nitrogen and oxygen atoms in total. The molecule has 0 aromatic heterocycles. The molecule has 0 unspecified atom stereocenters. The summed E-state index contributed by atoms with van der Waals surface area (Å²) in [6.45, 7) is 8.42. The number of carbonyl (C=O) groups is 1. The molecule has 1 N–H and O–H groups in total. The number of fused-ring (bicyclic) bond motifs is 1. The van der Waals surface area contributed by atoms with Gasteiger partial charge in [-0.15, -0.1) is 0 Å². The van der Waals surface area contributed by atoms with E-state index in [2.05, 4.69) is 57.3 Å². The van der Waals surface area contributed by atoms with E-state index in [9.17, 15) is 4.79 Å². The Labute approximate surface area is 110 Å². The molecule has 0 saturated carbocycles. The van der Waals surface area contributed by atoms with E-state index in [1.54, 1.807) is 0 Å². The Morgan fingerprint density at radius 2 is 2.00 bits per heavy atom. The van der Waals surface area contributed by atoms with Crippen LogP contribution in [0.5, 0.6) is 0 Å². The van der Waals surface area contributed by atoms with E-state index in [1.165, 1.54) is 11.1 Å². The number of carbonyl (C=O) groups excluding carboxylic acids is 1. The smallest absolute Gasteiger partial charge is 0.221 e. The zero-order valence-corrected chi connectivity index (χ0v) is 11.8. The number of amides is 1. The molecule has 0 aliphatic heterocycles. The van der Waals surface area contributed by atoms with Crippen molar-refractivity contribution < 1.29 is 4.79 Å². The van der Waals surface area contributed by atoms with Crippen LogP contribution in [-0.4, -0.2) is 5.91 Å². The van der Waals surface area contributed by atoms with Crippen molar-refractivity contribution in [1.82, 2.24) is 5.32 Å². The van der Waals surface area contributed by atoms with E-state index in [-0.39, 0.29) is 16.9 Å². The van der Waals surface area contributed by atoms with Crippen molar-refractivity contribution in [1.29, 1.82) is 0 Å². The molecule has 1 aliphatic carbocycles. The van der Waals surface area contributed by atoms with Gasteiger partial charge in [0.2, 0.25) is 5.91 Å². The number of aryl methyl sites for hydroxylation is 1. The number of hydrogen-bond acceptors (Lipinski definition) is 1. The van der Waals surface area contributed by atoms with Crippen LogP contribution in [0.1, 0.15) is 51.7 Å². The Bertz CT molecular complexity index is 458. The minimum Gasteiger partial charge on any atom is -0.347 e. The summed E-state index contributed by atoms with van der Waals surface area (Å²) in [7, 11) is 0. The highest BCUT2D eigenvalue weighted by atomic mass is 16.1. The summed E-state index contributed by atoms with van der Waals surface area (Å²) < 4.78 is 0. The maximum absolute atomic E-state index is 12.1. The Morgan fingerprint density at radius 1 is 1.33 bits per heavy atom. The van der Waals surface area contributed by atoms with Gasteiger partial charge in [-0.2, -0.15) is 0 Å². The third-order valence-corrected chi connectivity index (χ3v) is 3.61. The quantitative estimate of drug-likeness (QED) is 0.850. The average Bonchev–Trinajstić information content (AvgIpc) is 2.54. The van der Waals surface area contributed by atoms with Gasteiger partial charge in [-0.1, -0.05) is 45.0 Å². The molecule has 1 amide bonds. The first-order valence-electron chi connectivity index (χ1n) is 6.70. The SMILES string of the molecule is CC(C)(C)CC(=O)N[C@@]1(C)CCc2ccccc21. The molecule has 0 spiro atoms. The summed E-state index contributed by atoms with van der Waals surface area (Å²) in [4.78, 5) is 12.1. The van der Waals surface area contributed by atoms with Crippen LogP contribution in [0.15, 0.2) is 24.3 Å². The predicted octanol–water partition coefficient (Wildman–Crippen LogP) is 3.40. The monoisotopic (exact) mass is 245 g/mol. The maximum Gasteiger partial charge on any atom is 0.221 e. The van der Waals surface area contributed by atoms with Crippen LogP contribution in [-0.2, 0) is 16.8 Å². The van der Waals surface area contributed by atoms with Gasteiger partial charge in [0.05, 0.1) is 5.54 Å². The minimum atomic E-state index is -0.182. The molecule has 2 heteroatoms. The molecule has 2 rings (SSSR count). The summed E-state index contributed by atoms with van der Waals surface area (Å²) in [5.74, 6) is 0.154. The highest BCUT2D eigenvalue weighted by Gasteiger charge is 2.35. The van der Waals surface area contributed by atoms with Crippen LogP contribution in [0, 0.1) is 5.41 Å². The summed E-state index contributed by atoms with van der Waals surface area (Å²) in [6, 6.07) is 8.43. The normalized spacial score (nSPS) is 22.7. The van der Waals surface area contributed by atoms with Gasteiger partial charge in [-0.3, -0.25) is 4.79 Å².